The number of amides is 1. The van der Waals surface area contributed by atoms with Gasteiger partial charge in [0.05, 0.1) is 10.9 Å². The number of carbonyl (C=O) groups is 1. The Labute approximate surface area is 113 Å². The van der Waals surface area contributed by atoms with Crippen LogP contribution < -0.4 is 10.5 Å². The number of nitrogens with two attached hydrogens (primary N) is 1. The molecule has 0 radical (unpaired) electrons. The standard InChI is InChI=1S/C13H16N2O3S/c1-4-10(5-2)15-13(16)12-7-6-11(8-9(12)3)19(14,17)18/h1,6-8,10H,5H2,2-3H3,(H,15,16)(H2,14,17,18). The maximum atomic E-state index is 12.0. The van der Waals surface area contributed by atoms with E-state index in [-0.39, 0.29) is 16.8 Å². The third kappa shape index (κ3) is 3.81. The van der Waals surface area contributed by atoms with Crippen molar-refractivity contribution in [3.8, 4) is 12.3 Å². The molecule has 1 aromatic rings. The number of terminal acetylenes is 1. The molecule has 1 aromatic carbocycles. The van der Waals surface area contributed by atoms with Gasteiger partial charge in [0, 0.05) is 5.56 Å². The van der Waals surface area contributed by atoms with Gasteiger partial charge in [0.2, 0.25) is 10.0 Å². The zero-order chi connectivity index (χ0) is 14.6. The lowest BCUT2D eigenvalue weighted by Gasteiger charge is -2.12. The van der Waals surface area contributed by atoms with Crippen molar-refractivity contribution in [2.45, 2.75) is 31.2 Å². The van der Waals surface area contributed by atoms with E-state index >= 15 is 0 Å². The van der Waals surface area contributed by atoms with Gasteiger partial charge in [-0.2, -0.15) is 0 Å². The third-order valence-corrected chi connectivity index (χ3v) is 3.60. The van der Waals surface area contributed by atoms with E-state index in [9.17, 15) is 13.2 Å². The second-order valence-corrected chi connectivity index (χ2v) is 5.68. The molecule has 0 aromatic heterocycles. The number of benzene rings is 1. The molecule has 0 saturated heterocycles. The van der Waals surface area contributed by atoms with Crippen LogP contribution in [0.4, 0.5) is 0 Å². The fourth-order valence-electron chi connectivity index (χ4n) is 1.57. The van der Waals surface area contributed by atoms with Crippen LogP contribution in [0.3, 0.4) is 0 Å². The number of hydrogen-bond acceptors (Lipinski definition) is 3. The van der Waals surface area contributed by atoms with E-state index in [1.54, 1.807) is 6.92 Å². The summed E-state index contributed by atoms with van der Waals surface area (Å²) in [4.78, 5) is 11.9. The van der Waals surface area contributed by atoms with Gasteiger partial charge in [0.15, 0.2) is 0 Å². The number of hydrogen-bond donors (Lipinski definition) is 2. The highest BCUT2D eigenvalue weighted by atomic mass is 32.2. The van der Waals surface area contributed by atoms with E-state index in [1.165, 1.54) is 18.2 Å². The number of sulfonamides is 1. The molecular formula is C13H16N2O3S. The van der Waals surface area contributed by atoms with Gasteiger partial charge >= 0.3 is 0 Å². The Morgan fingerprint density at radius 3 is 2.58 bits per heavy atom. The molecule has 0 aliphatic rings. The molecule has 0 heterocycles. The van der Waals surface area contributed by atoms with E-state index in [1.807, 2.05) is 6.92 Å². The maximum Gasteiger partial charge on any atom is 0.252 e. The molecule has 1 rings (SSSR count). The monoisotopic (exact) mass is 280 g/mol. The SMILES string of the molecule is C#CC(CC)NC(=O)c1ccc(S(N)(=O)=O)cc1C. The van der Waals surface area contributed by atoms with E-state index < -0.39 is 10.0 Å². The van der Waals surface area contributed by atoms with Crippen LogP contribution in [0.25, 0.3) is 0 Å². The minimum Gasteiger partial charge on any atom is -0.338 e. The van der Waals surface area contributed by atoms with Gasteiger partial charge in [-0.3, -0.25) is 4.79 Å². The molecule has 0 fully saturated rings. The number of aryl methyl sites for hydroxylation is 1. The Hall–Kier alpha value is -1.84. The first kappa shape index (κ1) is 15.2. The van der Waals surface area contributed by atoms with E-state index in [0.717, 1.165) is 0 Å². The van der Waals surface area contributed by atoms with Crippen molar-refractivity contribution in [1.29, 1.82) is 0 Å². The van der Waals surface area contributed by atoms with E-state index in [4.69, 9.17) is 11.6 Å². The minimum atomic E-state index is -3.76. The minimum absolute atomic E-state index is 0.0226. The average molecular weight is 280 g/mol. The van der Waals surface area contributed by atoms with Gasteiger partial charge in [-0.1, -0.05) is 12.8 Å². The van der Waals surface area contributed by atoms with Gasteiger partial charge < -0.3 is 5.32 Å². The second kappa shape index (κ2) is 5.87. The lowest BCUT2D eigenvalue weighted by atomic mass is 10.1. The molecule has 0 saturated carbocycles. The Balaban J connectivity index is 3.04. The van der Waals surface area contributed by atoms with Crippen LogP contribution >= 0.6 is 0 Å². The van der Waals surface area contributed by atoms with Gasteiger partial charge in [-0.25, -0.2) is 13.6 Å². The molecule has 1 unspecified atom stereocenters. The Bertz CT molecular complexity index is 630. The van der Waals surface area contributed by atoms with Crippen LogP contribution in [0.1, 0.15) is 29.3 Å². The number of carbonyl (C=O) groups excluding carboxylic acids is 1. The van der Waals surface area contributed by atoms with Crippen LogP contribution in [0, 0.1) is 19.3 Å². The first-order chi connectivity index (χ1) is 8.79. The van der Waals surface area contributed by atoms with Crippen molar-refractivity contribution in [1.82, 2.24) is 5.32 Å². The molecule has 3 N–H and O–H groups in total. The van der Waals surface area contributed by atoms with Crippen LogP contribution in [0.2, 0.25) is 0 Å². The highest BCUT2D eigenvalue weighted by Crippen LogP contribution is 2.14. The molecule has 0 aliphatic carbocycles. The largest absolute Gasteiger partial charge is 0.338 e. The number of nitrogens with one attached hydrogen (secondary N) is 1. The third-order valence-electron chi connectivity index (χ3n) is 2.69. The first-order valence-corrected chi connectivity index (χ1v) is 7.24. The number of rotatable bonds is 4. The normalized spacial score (nSPS) is 12.5. The van der Waals surface area contributed by atoms with Crippen LogP contribution in [0.15, 0.2) is 23.1 Å². The molecule has 1 atom stereocenters. The molecular weight excluding hydrogens is 264 g/mol. The Morgan fingerprint density at radius 2 is 2.16 bits per heavy atom. The van der Waals surface area contributed by atoms with Crippen LogP contribution in [-0.2, 0) is 10.0 Å². The molecule has 0 aliphatic heterocycles. The summed E-state index contributed by atoms with van der Waals surface area (Å²) in [6.07, 6.45) is 5.89. The Kier molecular flexibility index (Phi) is 4.70. The van der Waals surface area contributed by atoms with Gasteiger partial charge in [0.25, 0.3) is 5.91 Å². The summed E-state index contributed by atoms with van der Waals surface area (Å²) >= 11 is 0. The van der Waals surface area contributed by atoms with Gasteiger partial charge in [0.1, 0.15) is 0 Å². The summed E-state index contributed by atoms with van der Waals surface area (Å²) in [6, 6.07) is 3.74. The molecule has 0 spiro atoms. The molecule has 19 heavy (non-hydrogen) atoms. The van der Waals surface area contributed by atoms with Crippen LogP contribution in [0.5, 0.6) is 0 Å². The second-order valence-electron chi connectivity index (χ2n) is 4.12. The van der Waals surface area contributed by atoms with Crippen LogP contribution in [-0.4, -0.2) is 20.4 Å². The summed E-state index contributed by atoms with van der Waals surface area (Å²) in [5.41, 5.74) is 0.900. The summed E-state index contributed by atoms with van der Waals surface area (Å²) in [5.74, 6) is 2.13. The van der Waals surface area contributed by atoms with Crippen molar-refractivity contribution in [3.05, 3.63) is 29.3 Å². The summed E-state index contributed by atoms with van der Waals surface area (Å²) in [7, 11) is -3.76. The molecule has 6 heteroatoms. The Morgan fingerprint density at radius 1 is 1.53 bits per heavy atom. The predicted octanol–water partition coefficient (Wildman–Crippen LogP) is 0.784. The van der Waals surface area contributed by atoms with Crippen molar-refractivity contribution in [2.75, 3.05) is 0 Å². The maximum absolute atomic E-state index is 12.0. The van der Waals surface area contributed by atoms with Crippen molar-refractivity contribution in [3.63, 3.8) is 0 Å². The summed E-state index contributed by atoms with van der Waals surface area (Å²) < 4.78 is 22.4. The zero-order valence-electron chi connectivity index (χ0n) is 10.8. The molecule has 102 valence electrons. The summed E-state index contributed by atoms with van der Waals surface area (Å²) in [6.45, 7) is 3.50. The first-order valence-electron chi connectivity index (χ1n) is 5.70. The smallest absolute Gasteiger partial charge is 0.252 e. The van der Waals surface area contributed by atoms with Crippen molar-refractivity contribution < 1.29 is 13.2 Å². The lowest BCUT2D eigenvalue weighted by Crippen LogP contribution is -2.33. The predicted molar refractivity (Wildman–Crippen MR) is 72.9 cm³/mol. The van der Waals surface area contributed by atoms with Gasteiger partial charge in [-0.05, 0) is 37.1 Å². The molecule has 0 bridgehead atoms. The molecule has 5 nitrogen and oxygen atoms in total. The van der Waals surface area contributed by atoms with Crippen molar-refractivity contribution >= 4 is 15.9 Å². The summed E-state index contributed by atoms with van der Waals surface area (Å²) in [5, 5.41) is 7.70. The zero-order valence-corrected chi connectivity index (χ0v) is 11.6. The van der Waals surface area contributed by atoms with E-state index in [0.29, 0.717) is 17.5 Å². The average Bonchev–Trinajstić information content (AvgIpc) is 2.34. The lowest BCUT2D eigenvalue weighted by molar-refractivity contribution is 0.0944. The fourth-order valence-corrected chi connectivity index (χ4v) is 2.16. The molecule has 1 amide bonds. The fraction of sp³-hybridized carbons (Fsp3) is 0.308. The highest BCUT2D eigenvalue weighted by molar-refractivity contribution is 7.89. The van der Waals surface area contributed by atoms with Crippen molar-refractivity contribution in [2.24, 2.45) is 5.14 Å². The van der Waals surface area contributed by atoms with E-state index in [2.05, 4.69) is 11.2 Å². The number of primary sulfonamides is 1. The highest BCUT2D eigenvalue weighted by Gasteiger charge is 2.15. The topological polar surface area (TPSA) is 89.3 Å². The van der Waals surface area contributed by atoms with Gasteiger partial charge in [-0.15, -0.1) is 6.42 Å². The quantitative estimate of drug-likeness (QED) is 0.799.